The molecule has 0 saturated carbocycles. The highest BCUT2D eigenvalue weighted by Crippen LogP contribution is 2.35. The standard InChI is InChI=1S/C24H24N2O2/c1-28-22-9-5-3-7-19(22)10-11-23(27)26-17-14-18-6-2-4-8-21(18)24(26)20-12-15-25-16-13-20/h2-9,12-13,15-16,24H,10-11,14,17H2,1H3. The zero-order valence-electron chi connectivity index (χ0n) is 16.0. The third-order valence-corrected chi connectivity index (χ3v) is 5.43. The van der Waals surface area contributed by atoms with Crippen LogP contribution in [0.2, 0.25) is 0 Å². The molecule has 4 nitrogen and oxygen atoms in total. The minimum absolute atomic E-state index is 0.0573. The molecule has 0 fully saturated rings. The van der Waals surface area contributed by atoms with Gasteiger partial charge in [0.2, 0.25) is 5.91 Å². The smallest absolute Gasteiger partial charge is 0.223 e. The molecule has 1 amide bonds. The fourth-order valence-electron chi connectivity index (χ4n) is 4.04. The molecule has 0 N–H and O–H groups in total. The van der Waals surface area contributed by atoms with Crippen molar-refractivity contribution < 1.29 is 9.53 Å². The molecule has 0 spiro atoms. The molecule has 3 aromatic rings. The number of benzene rings is 2. The Morgan fingerprint density at radius 1 is 1.07 bits per heavy atom. The van der Waals surface area contributed by atoms with Crippen molar-refractivity contribution in [3.8, 4) is 5.75 Å². The first-order chi connectivity index (χ1) is 13.8. The van der Waals surface area contributed by atoms with Crippen molar-refractivity contribution in [1.29, 1.82) is 0 Å². The lowest BCUT2D eigenvalue weighted by molar-refractivity contribution is -0.133. The molecular weight excluding hydrogens is 348 g/mol. The Labute approximate surface area is 165 Å². The van der Waals surface area contributed by atoms with Crippen LogP contribution in [-0.4, -0.2) is 29.4 Å². The third kappa shape index (κ3) is 3.63. The van der Waals surface area contributed by atoms with Crippen LogP contribution in [0.4, 0.5) is 0 Å². The molecule has 28 heavy (non-hydrogen) atoms. The van der Waals surface area contributed by atoms with E-state index in [1.807, 2.05) is 41.3 Å². The first kappa shape index (κ1) is 18.2. The van der Waals surface area contributed by atoms with E-state index >= 15 is 0 Å². The highest BCUT2D eigenvalue weighted by atomic mass is 16.5. The number of hydrogen-bond acceptors (Lipinski definition) is 3. The van der Waals surface area contributed by atoms with Gasteiger partial charge in [0.25, 0.3) is 0 Å². The topological polar surface area (TPSA) is 42.4 Å². The van der Waals surface area contributed by atoms with E-state index in [2.05, 4.69) is 29.2 Å². The average Bonchev–Trinajstić information content (AvgIpc) is 2.77. The summed E-state index contributed by atoms with van der Waals surface area (Å²) >= 11 is 0. The van der Waals surface area contributed by atoms with Crippen LogP contribution in [0.15, 0.2) is 73.1 Å². The third-order valence-electron chi connectivity index (χ3n) is 5.43. The van der Waals surface area contributed by atoms with Crippen LogP contribution in [0.25, 0.3) is 0 Å². The summed E-state index contributed by atoms with van der Waals surface area (Å²) in [5.74, 6) is 1.01. The van der Waals surface area contributed by atoms with Crippen LogP contribution in [-0.2, 0) is 17.6 Å². The summed E-state index contributed by atoms with van der Waals surface area (Å²) in [6, 6.07) is 20.3. The molecule has 4 rings (SSSR count). The van der Waals surface area contributed by atoms with Gasteiger partial charge in [0, 0.05) is 25.4 Å². The molecular formula is C24H24N2O2. The fourth-order valence-corrected chi connectivity index (χ4v) is 4.04. The van der Waals surface area contributed by atoms with Crippen molar-refractivity contribution in [1.82, 2.24) is 9.88 Å². The van der Waals surface area contributed by atoms with Crippen molar-refractivity contribution in [2.45, 2.75) is 25.3 Å². The number of fused-ring (bicyclic) bond motifs is 1. The van der Waals surface area contributed by atoms with Crippen molar-refractivity contribution in [2.24, 2.45) is 0 Å². The molecule has 1 aliphatic heterocycles. The summed E-state index contributed by atoms with van der Waals surface area (Å²) in [5, 5.41) is 0. The van der Waals surface area contributed by atoms with E-state index in [1.54, 1.807) is 19.5 Å². The number of para-hydroxylation sites is 1. The maximum Gasteiger partial charge on any atom is 0.223 e. The zero-order chi connectivity index (χ0) is 19.3. The Morgan fingerprint density at radius 2 is 1.82 bits per heavy atom. The SMILES string of the molecule is COc1ccccc1CCC(=O)N1CCc2ccccc2C1c1ccncc1. The second-order valence-electron chi connectivity index (χ2n) is 7.03. The van der Waals surface area contributed by atoms with E-state index in [4.69, 9.17) is 4.74 Å². The number of aromatic nitrogens is 1. The molecule has 1 aliphatic rings. The molecule has 0 saturated heterocycles. The molecule has 142 valence electrons. The number of rotatable bonds is 5. The van der Waals surface area contributed by atoms with Gasteiger partial charge in [-0.3, -0.25) is 9.78 Å². The average molecular weight is 372 g/mol. The number of aryl methyl sites for hydroxylation is 1. The van der Waals surface area contributed by atoms with Gasteiger partial charge in [-0.25, -0.2) is 0 Å². The Kier molecular flexibility index (Phi) is 5.38. The number of amides is 1. The van der Waals surface area contributed by atoms with E-state index in [9.17, 15) is 4.79 Å². The molecule has 0 bridgehead atoms. The summed E-state index contributed by atoms with van der Waals surface area (Å²) in [5.41, 5.74) is 4.70. The second-order valence-corrected chi connectivity index (χ2v) is 7.03. The predicted molar refractivity (Wildman–Crippen MR) is 109 cm³/mol. The summed E-state index contributed by atoms with van der Waals surface area (Å²) < 4.78 is 5.43. The zero-order valence-corrected chi connectivity index (χ0v) is 16.0. The Balaban J connectivity index is 1.59. The number of carbonyl (C=O) groups excluding carboxylic acids is 1. The molecule has 4 heteroatoms. The minimum Gasteiger partial charge on any atom is -0.496 e. The number of hydrogen-bond donors (Lipinski definition) is 0. The summed E-state index contributed by atoms with van der Waals surface area (Å²) in [6.07, 6.45) is 5.61. The first-order valence-electron chi connectivity index (χ1n) is 9.67. The number of methoxy groups -OCH3 is 1. The lowest BCUT2D eigenvalue weighted by Crippen LogP contribution is -2.40. The quantitative estimate of drug-likeness (QED) is 0.674. The lowest BCUT2D eigenvalue weighted by atomic mass is 9.88. The fraction of sp³-hybridized carbons (Fsp3) is 0.250. The Hall–Kier alpha value is -3.14. The highest BCUT2D eigenvalue weighted by Gasteiger charge is 2.31. The maximum absolute atomic E-state index is 13.2. The van der Waals surface area contributed by atoms with Gasteiger partial charge in [0.1, 0.15) is 5.75 Å². The first-order valence-corrected chi connectivity index (χ1v) is 9.67. The number of carbonyl (C=O) groups is 1. The van der Waals surface area contributed by atoms with Gasteiger partial charge < -0.3 is 9.64 Å². The van der Waals surface area contributed by atoms with Crippen molar-refractivity contribution >= 4 is 5.91 Å². The van der Waals surface area contributed by atoms with Crippen LogP contribution in [0.3, 0.4) is 0 Å². The van der Waals surface area contributed by atoms with Gasteiger partial charge in [-0.05, 0) is 53.3 Å². The largest absolute Gasteiger partial charge is 0.496 e. The molecule has 0 aliphatic carbocycles. The number of ether oxygens (including phenoxy) is 1. The van der Waals surface area contributed by atoms with Crippen molar-refractivity contribution in [2.75, 3.05) is 13.7 Å². The normalized spacial score (nSPS) is 15.8. The van der Waals surface area contributed by atoms with E-state index in [1.165, 1.54) is 11.1 Å². The molecule has 2 heterocycles. The van der Waals surface area contributed by atoms with Gasteiger partial charge in [-0.15, -0.1) is 0 Å². The van der Waals surface area contributed by atoms with Crippen LogP contribution in [0, 0.1) is 0 Å². The van der Waals surface area contributed by atoms with E-state index in [-0.39, 0.29) is 11.9 Å². The molecule has 1 unspecified atom stereocenters. The second kappa shape index (κ2) is 8.26. The molecule has 2 aromatic carbocycles. The van der Waals surface area contributed by atoms with E-state index in [0.717, 1.165) is 29.8 Å². The van der Waals surface area contributed by atoms with E-state index in [0.29, 0.717) is 12.8 Å². The molecule has 0 radical (unpaired) electrons. The monoisotopic (exact) mass is 372 g/mol. The van der Waals surface area contributed by atoms with Crippen LogP contribution < -0.4 is 4.74 Å². The Bertz CT molecular complexity index is 956. The van der Waals surface area contributed by atoms with Crippen molar-refractivity contribution in [3.63, 3.8) is 0 Å². The molecule has 1 atom stereocenters. The lowest BCUT2D eigenvalue weighted by Gasteiger charge is -2.38. The molecule has 1 aromatic heterocycles. The van der Waals surface area contributed by atoms with Crippen LogP contribution in [0.1, 0.15) is 34.7 Å². The maximum atomic E-state index is 13.2. The van der Waals surface area contributed by atoms with Crippen LogP contribution >= 0.6 is 0 Å². The van der Waals surface area contributed by atoms with Crippen LogP contribution in [0.5, 0.6) is 5.75 Å². The van der Waals surface area contributed by atoms with Gasteiger partial charge in [-0.2, -0.15) is 0 Å². The summed E-state index contributed by atoms with van der Waals surface area (Å²) in [7, 11) is 1.67. The van der Waals surface area contributed by atoms with Gasteiger partial charge in [0.15, 0.2) is 0 Å². The number of pyridine rings is 1. The van der Waals surface area contributed by atoms with Gasteiger partial charge in [-0.1, -0.05) is 42.5 Å². The summed E-state index contributed by atoms with van der Waals surface area (Å²) in [4.78, 5) is 19.4. The number of nitrogens with zero attached hydrogens (tertiary/aromatic N) is 2. The van der Waals surface area contributed by atoms with Crippen molar-refractivity contribution in [3.05, 3.63) is 95.3 Å². The van der Waals surface area contributed by atoms with Gasteiger partial charge in [0.05, 0.1) is 13.2 Å². The summed E-state index contributed by atoms with van der Waals surface area (Å²) in [6.45, 7) is 0.731. The van der Waals surface area contributed by atoms with Gasteiger partial charge >= 0.3 is 0 Å². The Morgan fingerprint density at radius 3 is 2.64 bits per heavy atom. The predicted octanol–water partition coefficient (Wildman–Crippen LogP) is 4.20. The van der Waals surface area contributed by atoms with E-state index < -0.39 is 0 Å². The highest BCUT2D eigenvalue weighted by molar-refractivity contribution is 5.78. The minimum atomic E-state index is -0.0573.